The first kappa shape index (κ1) is 19.6. The van der Waals surface area contributed by atoms with Crippen LogP contribution >= 0.6 is 15.9 Å². The molecule has 2 aromatic carbocycles. The molecule has 27 heavy (non-hydrogen) atoms. The van der Waals surface area contributed by atoms with Crippen LogP contribution in [0.1, 0.15) is 36.8 Å². The molecule has 1 aliphatic rings. The minimum atomic E-state index is -0.717. The standard InChI is InChI=1S/C22H24BrNO3/c1-27-20(25)12-15-24-21(26)22(13-6-7-14-23)18-10-4-2-8-16(18)17-9-3-5-11-19(17)22/h2-5,8-11H,6-7,12-15H2,1H3,(H,24,26). The van der Waals surface area contributed by atoms with Crippen LogP contribution in [0.15, 0.2) is 48.5 Å². The zero-order valence-electron chi connectivity index (χ0n) is 15.5. The van der Waals surface area contributed by atoms with Crippen LogP contribution in [0.2, 0.25) is 0 Å². The normalized spacial score (nSPS) is 13.6. The summed E-state index contributed by atoms with van der Waals surface area (Å²) in [5.41, 5.74) is 3.63. The summed E-state index contributed by atoms with van der Waals surface area (Å²) in [6.07, 6.45) is 2.83. The van der Waals surface area contributed by atoms with Gasteiger partial charge in [0.05, 0.1) is 13.5 Å². The summed E-state index contributed by atoms with van der Waals surface area (Å²) in [5.74, 6) is -0.366. The summed E-state index contributed by atoms with van der Waals surface area (Å²) in [6.45, 7) is 0.274. The topological polar surface area (TPSA) is 55.4 Å². The van der Waals surface area contributed by atoms with Crippen LogP contribution in [0.25, 0.3) is 11.1 Å². The number of alkyl halides is 1. The van der Waals surface area contributed by atoms with Gasteiger partial charge in [0.1, 0.15) is 5.41 Å². The van der Waals surface area contributed by atoms with Crippen LogP contribution in [0.5, 0.6) is 0 Å². The van der Waals surface area contributed by atoms with Gasteiger partial charge in [-0.2, -0.15) is 0 Å². The Balaban J connectivity index is 2.00. The van der Waals surface area contributed by atoms with Crippen molar-refractivity contribution in [2.75, 3.05) is 19.0 Å². The maximum Gasteiger partial charge on any atom is 0.307 e. The first-order valence-electron chi connectivity index (χ1n) is 9.25. The SMILES string of the molecule is COC(=O)CCNC(=O)C1(CCCCBr)c2ccccc2-c2ccccc21. The number of halogens is 1. The number of hydrogen-bond acceptors (Lipinski definition) is 3. The third kappa shape index (κ3) is 3.65. The number of carbonyl (C=O) groups is 2. The largest absolute Gasteiger partial charge is 0.469 e. The van der Waals surface area contributed by atoms with E-state index in [1.54, 1.807) is 0 Å². The van der Waals surface area contributed by atoms with Crippen LogP contribution in [-0.2, 0) is 19.7 Å². The summed E-state index contributed by atoms with van der Waals surface area (Å²) in [6, 6.07) is 16.3. The molecule has 1 aliphatic carbocycles. The molecule has 0 heterocycles. The lowest BCUT2D eigenvalue weighted by Crippen LogP contribution is -2.45. The van der Waals surface area contributed by atoms with E-state index in [9.17, 15) is 9.59 Å². The molecule has 0 bridgehead atoms. The fourth-order valence-electron chi connectivity index (χ4n) is 3.97. The smallest absolute Gasteiger partial charge is 0.307 e. The second-order valence-electron chi connectivity index (χ2n) is 6.72. The average molecular weight is 430 g/mol. The van der Waals surface area contributed by atoms with Crippen molar-refractivity contribution in [3.63, 3.8) is 0 Å². The molecule has 0 fully saturated rings. The highest BCUT2D eigenvalue weighted by atomic mass is 79.9. The second kappa shape index (κ2) is 8.70. The molecule has 142 valence electrons. The Morgan fingerprint density at radius 3 is 2.15 bits per heavy atom. The van der Waals surface area contributed by atoms with Gasteiger partial charge in [0.15, 0.2) is 0 Å². The zero-order chi connectivity index (χ0) is 19.3. The van der Waals surface area contributed by atoms with Gasteiger partial charge < -0.3 is 10.1 Å². The molecule has 0 aliphatic heterocycles. The molecule has 0 unspecified atom stereocenters. The van der Waals surface area contributed by atoms with Gasteiger partial charge in [-0.15, -0.1) is 0 Å². The number of hydrogen-bond donors (Lipinski definition) is 1. The number of unbranched alkanes of at least 4 members (excludes halogenated alkanes) is 1. The van der Waals surface area contributed by atoms with Crippen molar-refractivity contribution in [1.82, 2.24) is 5.32 Å². The van der Waals surface area contributed by atoms with Crippen molar-refractivity contribution in [3.05, 3.63) is 59.7 Å². The first-order chi connectivity index (χ1) is 13.1. The van der Waals surface area contributed by atoms with Gasteiger partial charge in [-0.25, -0.2) is 0 Å². The number of esters is 1. The molecule has 2 aromatic rings. The lowest BCUT2D eigenvalue weighted by molar-refractivity contribution is -0.140. The van der Waals surface area contributed by atoms with E-state index in [0.29, 0.717) is 0 Å². The number of nitrogens with one attached hydrogen (secondary N) is 1. The second-order valence-corrected chi connectivity index (χ2v) is 7.52. The van der Waals surface area contributed by atoms with Gasteiger partial charge in [0, 0.05) is 11.9 Å². The summed E-state index contributed by atoms with van der Waals surface area (Å²) < 4.78 is 4.68. The van der Waals surface area contributed by atoms with Gasteiger partial charge in [-0.3, -0.25) is 9.59 Å². The predicted octanol–water partition coefficient (Wildman–Crippen LogP) is 4.20. The molecule has 4 nitrogen and oxygen atoms in total. The van der Waals surface area contributed by atoms with Crippen LogP contribution in [-0.4, -0.2) is 30.9 Å². The van der Waals surface area contributed by atoms with E-state index in [1.807, 2.05) is 24.3 Å². The van der Waals surface area contributed by atoms with E-state index in [0.717, 1.165) is 46.8 Å². The molecule has 0 spiro atoms. The Morgan fingerprint density at radius 2 is 1.59 bits per heavy atom. The first-order valence-corrected chi connectivity index (χ1v) is 10.4. The molecule has 0 aromatic heterocycles. The molecule has 0 radical (unpaired) electrons. The molecule has 0 saturated carbocycles. The van der Waals surface area contributed by atoms with Crippen molar-refractivity contribution in [2.45, 2.75) is 31.1 Å². The molecule has 0 saturated heterocycles. The Bertz CT molecular complexity index is 788. The van der Waals surface area contributed by atoms with Crippen molar-refractivity contribution >= 4 is 27.8 Å². The predicted molar refractivity (Wildman–Crippen MR) is 110 cm³/mol. The number of ether oxygens (including phenoxy) is 1. The van der Waals surface area contributed by atoms with Crippen molar-refractivity contribution in [1.29, 1.82) is 0 Å². The number of rotatable bonds is 8. The van der Waals surface area contributed by atoms with Crippen LogP contribution in [0.4, 0.5) is 0 Å². The fourth-order valence-corrected chi connectivity index (χ4v) is 4.37. The monoisotopic (exact) mass is 429 g/mol. The average Bonchev–Trinajstić information content (AvgIpc) is 2.99. The summed E-state index contributed by atoms with van der Waals surface area (Å²) in [5, 5.41) is 3.90. The maximum absolute atomic E-state index is 13.5. The van der Waals surface area contributed by atoms with Gasteiger partial charge in [-0.05, 0) is 35.1 Å². The fraction of sp³-hybridized carbons (Fsp3) is 0.364. The number of benzene rings is 2. The van der Waals surface area contributed by atoms with E-state index >= 15 is 0 Å². The third-order valence-corrected chi connectivity index (χ3v) is 5.79. The number of amides is 1. The zero-order valence-corrected chi connectivity index (χ0v) is 17.1. The van der Waals surface area contributed by atoms with Gasteiger partial charge in [0.2, 0.25) is 5.91 Å². The van der Waals surface area contributed by atoms with Gasteiger partial charge >= 0.3 is 5.97 Å². The Kier molecular flexibility index (Phi) is 6.32. The van der Waals surface area contributed by atoms with Gasteiger partial charge in [-0.1, -0.05) is 70.9 Å². The number of fused-ring (bicyclic) bond motifs is 3. The Morgan fingerprint density at radius 1 is 1.00 bits per heavy atom. The number of carbonyl (C=O) groups excluding carboxylic acids is 2. The Labute approximate surface area is 168 Å². The molecule has 5 heteroatoms. The molecular formula is C22H24BrNO3. The molecule has 0 atom stereocenters. The van der Waals surface area contributed by atoms with E-state index in [4.69, 9.17) is 0 Å². The van der Waals surface area contributed by atoms with Crippen molar-refractivity contribution in [2.24, 2.45) is 0 Å². The maximum atomic E-state index is 13.5. The highest BCUT2D eigenvalue weighted by Crippen LogP contribution is 2.51. The minimum Gasteiger partial charge on any atom is -0.469 e. The summed E-state index contributed by atoms with van der Waals surface area (Å²) in [7, 11) is 1.36. The third-order valence-electron chi connectivity index (χ3n) is 5.23. The Hall–Kier alpha value is -2.14. The highest BCUT2D eigenvalue weighted by Gasteiger charge is 2.48. The molecule has 1 N–H and O–H groups in total. The summed E-state index contributed by atoms with van der Waals surface area (Å²) >= 11 is 3.49. The summed E-state index contributed by atoms with van der Waals surface area (Å²) in [4.78, 5) is 24.9. The van der Waals surface area contributed by atoms with E-state index < -0.39 is 5.41 Å². The van der Waals surface area contributed by atoms with E-state index in [-0.39, 0.29) is 24.8 Å². The molecule has 3 rings (SSSR count). The van der Waals surface area contributed by atoms with Crippen LogP contribution in [0.3, 0.4) is 0 Å². The highest BCUT2D eigenvalue weighted by molar-refractivity contribution is 9.09. The lowest BCUT2D eigenvalue weighted by atomic mass is 9.73. The van der Waals surface area contributed by atoms with E-state index in [1.165, 1.54) is 7.11 Å². The molecular weight excluding hydrogens is 406 g/mol. The minimum absolute atomic E-state index is 0.0432. The van der Waals surface area contributed by atoms with Gasteiger partial charge in [0.25, 0.3) is 0 Å². The number of methoxy groups -OCH3 is 1. The van der Waals surface area contributed by atoms with Crippen molar-refractivity contribution in [3.8, 4) is 11.1 Å². The lowest BCUT2D eigenvalue weighted by Gasteiger charge is -2.31. The van der Waals surface area contributed by atoms with Crippen molar-refractivity contribution < 1.29 is 14.3 Å². The quantitative estimate of drug-likeness (QED) is 0.388. The van der Waals surface area contributed by atoms with E-state index in [2.05, 4.69) is 50.2 Å². The van der Waals surface area contributed by atoms with Crippen LogP contribution in [0, 0.1) is 0 Å². The van der Waals surface area contributed by atoms with Crippen LogP contribution < -0.4 is 5.32 Å². The molecule has 1 amide bonds.